The largest absolute Gasteiger partial charge is 0.294 e. The molecule has 0 aromatic rings. The van der Waals surface area contributed by atoms with Crippen molar-refractivity contribution in [3.05, 3.63) is 0 Å². The zero-order valence-electron chi connectivity index (χ0n) is 9.77. The lowest BCUT2D eigenvalue weighted by Crippen LogP contribution is -2.40. The van der Waals surface area contributed by atoms with E-state index in [1.54, 1.807) is 0 Å². The van der Waals surface area contributed by atoms with Crippen molar-refractivity contribution in [3.8, 4) is 0 Å². The minimum atomic E-state index is -0.593. The van der Waals surface area contributed by atoms with E-state index in [1.807, 2.05) is 16.3 Å². The number of nitrogens with two attached hydrogens (primary N) is 3. The smallest absolute Gasteiger partial charge is 0.238 e. The number of carbonyl (C=O) groups is 3. The Morgan fingerprint density at radius 2 is 1.61 bits per heavy atom. The minimum absolute atomic E-state index is 0.0599. The van der Waals surface area contributed by atoms with Crippen molar-refractivity contribution in [2.45, 2.75) is 12.8 Å². The van der Waals surface area contributed by atoms with Gasteiger partial charge in [0.25, 0.3) is 0 Å². The predicted molar refractivity (Wildman–Crippen MR) is 67.0 cm³/mol. The molecule has 9 N–H and O–H groups in total. The number of rotatable bonds is 8. The first kappa shape index (κ1) is 16.6. The molecule has 0 fully saturated rings. The second-order valence-electron chi connectivity index (χ2n) is 3.37. The van der Waals surface area contributed by atoms with Crippen LogP contribution in [0, 0.1) is 5.92 Å². The molecule has 0 saturated heterocycles. The molecule has 0 rings (SSSR count). The van der Waals surface area contributed by atoms with E-state index in [0.29, 0.717) is 11.5 Å². The maximum Gasteiger partial charge on any atom is 0.238 e. The van der Waals surface area contributed by atoms with Crippen LogP contribution in [0.3, 0.4) is 0 Å². The third-order valence-corrected chi connectivity index (χ3v) is 3.19. The van der Waals surface area contributed by atoms with Crippen LogP contribution < -0.4 is 33.8 Å². The number of hydrogen-bond donors (Lipinski definition) is 6. The molecule has 0 spiro atoms. The highest BCUT2D eigenvalue weighted by molar-refractivity contribution is 7.99. The Labute approximate surface area is 108 Å². The molecular formula is C8H18N6O3S. The van der Waals surface area contributed by atoms with Crippen LogP contribution in [-0.2, 0) is 14.4 Å². The van der Waals surface area contributed by atoms with Gasteiger partial charge in [-0.2, -0.15) is 11.8 Å². The molecule has 0 radical (unpaired) electrons. The van der Waals surface area contributed by atoms with Crippen LogP contribution in [0.25, 0.3) is 0 Å². The molecule has 1 atom stereocenters. The number of carbonyl (C=O) groups excluding carboxylic acids is 3. The Morgan fingerprint density at radius 1 is 1.00 bits per heavy atom. The molecule has 0 saturated carbocycles. The van der Waals surface area contributed by atoms with Gasteiger partial charge in [0.15, 0.2) is 0 Å². The third-order valence-electron chi connectivity index (χ3n) is 2.06. The van der Waals surface area contributed by atoms with Gasteiger partial charge >= 0.3 is 0 Å². The van der Waals surface area contributed by atoms with Crippen molar-refractivity contribution in [1.29, 1.82) is 0 Å². The molecular weight excluding hydrogens is 260 g/mol. The molecule has 1 unspecified atom stereocenters. The summed E-state index contributed by atoms with van der Waals surface area (Å²) in [6, 6.07) is 0. The van der Waals surface area contributed by atoms with Crippen molar-refractivity contribution in [2.75, 3.05) is 11.5 Å². The molecule has 0 aromatic heterocycles. The zero-order valence-corrected chi connectivity index (χ0v) is 10.6. The van der Waals surface area contributed by atoms with Gasteiger partial charge in [-0.3, -0.25) is 30.7 Å². The van der Waals surface area contributed by atoms with Crippen LogP contribution in [0.4, 0.5) is 0 Å². The molecule has 10 heteroatoms. The Kier molecular flexibility index (Phi) is 8.92. The Hall–Kier alpha value is -1.36. The van der Waals surface area contributed by atoms with Gasteiger partial charge in [0, 0.05) is 24.3 Å². The van der Waals surface area contributed by atoms with E-state index in [1.165, 1.54) is 11.8 Å². The van der Waals surface area contributed by atoms with Crippen molar-refractivity contribution in [2.24, 2.45) is 23.4 Å². The highest BCUT2D eigenvalue weighted by Crippen LogP contribution is 2.13. The number of hydrogen-bond acceptors (Lipinski definition) is 7. The summed E-state index contributed by atoms with van der Waals surface area (Å²) in [5.74, 6) is 13.9. The van der Waals surface area contributed by atoms with Gasteiger partial charge in [-0.1, -0.05) is 0 Å². The van der Waals surface area contributed by atoms with Crippen LogP contribution in [0.15, 0.2) is 0 Å². The molecule has 0 bridgehead atoms. The van der Waals surface area contributed by atoms with E-state index in [-0.39, 0.29) is 18.7 Å². The van der Waals surface area contributed by atoms with E-state index in [9.17, 15) is 14.4 Å². The molecule has 0 aliphatic heterocycles. The first-order chi connectivity index (χ1) is 8.54. The normalized spacial score (nSPS) is 11.5. The molecule has 3 amide bonds. The summed E-state index contributed by atoms with van der Waals surface area (Å²) in [6.07, 6.45) is 0.177. The Balaban J connectivity index is 4.05. The van der Waals surface area contributed by atoms with Gasteiger partial charge in [0.05, 0.1) is 5.92 Å². The van der Waals surface area contributed by atoms with Crippen LogP contribution in [0.5, 0.6) is 0 Å². The van der Waals surface area contributed by atoms with Crippen LogP contribution >= 0.6 is 11.8 Å². The average Bonchev–Trinajstić information content (AvgIpc) is 2.40. The summed E-state index contributed by atoms with van der Waals surface area (Å²) in [7, 11) is 0. The molecule has 18 heavy (non-hydrogen) atoms. The highest BCUT2D eigenvalue weighted by atomic mass is 32.2. The lowest BCUT2D eigenvalue weighted by Gasteiger charge is -2.13. The SMILES string of the molecule is NNC(=O)CCSCC(CC(=O)NN)C(=O)NN. The van der Waals surface area contributed by atoms with Crippen molar-refractivity contribution in [3.63, 3.8) is 0 Å². The number of thioether (sulfide) groups is 1. The summed E-state index contributed by atoms with van der Waals surface area (Å²) in [5.41, 5.74) is 5.92. The molecule has 0 heterocycles. The fraction of sp³-hybridized carbons (Fsp3) is 0.625. The second kappa shape index (κ2) is 9.65. The zero-order chi connectivity index (χ0) is 14.0. The summed E-state index contributed by atoms with van der Waals surface area (Å²) in [5, 5.41) is 0. The van der Waals surface area contributed by atoms with Crippen molar-refractivity contribution < 1.29 is 14.4 Å². The maximum absolute atomic E-state index is 11.4. The highest BCUT2D eigenvalue weighted by Gasteiger charge is 2.20. The molecule has 0 aliphatic rings. The Morgan fingerprint density at radius 3 is 2.11 bits per heavy atom. The predicted octanol–water partition coefficient (Wildman–Crippen LogP) is -2.91. The van der Waals surface area contributed by atoms with Crippen LogP contribution in [0.2, 0.25) is 0 Å². The minimum Gasteiger partial charge on any atom is -0.294 e. The standard InChI is InChI=1S/C8H18N6O3S/c9-12-6(15)1-2-18-4-5(8(17)14-11)3-7(16)13-10/h5H,1-4,9-11H2,(H,12,15)(H,13,16)(H,14,17). The van der Waals surface area contributed by atoms with Crippen molar-refractivity contribution in [1.82, 2.24) is 16.3 Å². The van der Waals surface area contributed by atoms with Crippen LogP contribution in [0.1, 0.15) is 12.8 Å². The van der Waals surface area contributed by atoms with Gasteiger partial charge < -0.3 is 0 Å². The number of nitrogens with one attached hydrogen (secondary N) is 3. The van der Waals surface area contributed by atoms with Gasteiger partial charge in [-0.05, 0) is 0 Å². The monoisotopic (exact) mass is 278 g/mol. The molecule has 104 valence electrons. The van der Waals surface area contributed by atoms with E-state index in [4.69, 9.17) is 17.5 Å². The fourth-order valence-corrected chi connectivity index (χ4v) is 2.14. The summed E-state index contributed by atoms with van der Waals surface area (Å²) >= 11 is 1.35. The summed E-state index contributed by atoms with van der Waals surface area (Å²) < 4.78 is 0. The average molecular weight is 278 g/mol. The van der Waals surface area contributed by atoms with Crippen LogP contribution in [-0.4, -0.2) is 29.2 Å². The number of amides is 3. The first-order valence-electron chi connectivity index (χ1n) is 5.12. The van der Waals surface area contributed by atoms with Crippen molar-refractivity contribution >= 4 is 29.5 Å². The fourth-order valence-electron chi connectivity index (χ4n) is 1.09. The molecule has 0 aliphatic carbocycles. The number of hydrazine groups is 3. The van der Waals surface area contributed by atoms with E-state index < -0.39 is 17.7 Å². The lowest BCUT2D eigenvalue weighted by molar-refractivity contribution is -0.129. The molecule has 9 nitrogen and oxygen atoms in total. The Bertz CT molecular complexity index is 301. The quantitative estimate of drug-likeness (QED) is 0.120. The first-order valence-corrected chi connectivity index (χ1v) is 6.27. The topological polar surface area (TPSA) is 165 Å². The lowest BCUT2D eigenvalue weighted by atomic mass is 10.1. The van der Waals surface area contributed by atoms with Gasteiger partial charge in [0.2, 0.25) is 17.7 Å². The van der Waals surface area contributed by atoms with E-state index in [2.05, 4.69) is 0 Å². The second-order valence-corrected chi connectivity index (χ2v) is 4.52. The van der Waals surface area contributed by atoms with E-state index >= 15 is 0 Å². The molecule has 0 aromatic carbocycles. The summed E-state index contributed by atoms with van der Waals surface area (Å²) in [6.45, 7) is 0. The van der Waals surface area contributed by atoms with Gasteiger partial charge in [0.1, 0.15) is 0 Å². The maximum atomic E-state index is 11.4. The summed E-state index contributed by atoms with van der Waals surface area (Å²) in [4.78, 5) is 33.3. The van der Waals surface area contributed by atoms with Gasteiger partial charge in [-0.25, -0.2) is 17.5 Å². The third kappa shape index (κ3) is 7.06. The van der Waals surface area contributed by atoms with Gasteiger partial charge in [-0.15, -0.1) is 0 Å². The van der Waals surface area contributed by atoms with E-state index in [0.717, 1.165) is 0 Å².